The van der Waals surface area contributed by atoms with E-state index in [0.717, 1.165) is 6.08 Å². The van der Waals surface area contributed by atoms with Crippen molar-refractivity contribution in [1.82, 2.24) is 9.55 Å². The molecule has 3 rings (SSSR count). The smallest absolute Gasteiger partial charge is 0.330 e. The summed E-state index contributed by atoms with van der Waals surface area (Å²) in [7, 11) is 0. The fraction of sp³-hybridized carbons (Fsp3) is 0.500. The first-order valence-electron chi connectivity index (χ1n) is 7.92. The molecule has 0 aromatic carbocycles. The van der Waals surface area contributed by atoms with E-state index in [4.69, 9.17) is 14.2 Å². The zero-order valence-electron chi connectivity index (χ0n) is 14.1. The van der Waals surface area contributed by atoms with Crippen molar-refractivity contribution >= 4 is 12.3 Å². The quantitative estimate of drug-likeness (QED) is 0.410. The average Bonchev–Trinajstić information content (AvgIpc) is 3.04. The first kappa shape index (κ1) is 18.2. The number of aromatic amines is 1. The van der Waals surface area contributed by atoms with Crippen LogP contribution in [0.2, 0.25) is 0 Å². The molecule has 2 fully saturated rings. The van der Waals surface area contributed by atoms with Gasteiger partial charge in [-0.2, -0.15) is 0 Å². The summed E-state index contributed by atoms with van der Waals surface area (Å²) in [6.07, 6.45) is 1.55. The maximum Gasteiger partial charge on any atom is 0.330 e. The van der Waals surface area contributed by atoms with Crippen molar-refractivity contribution in [3.05, 3.63) is 45.3 Å². The first-order chi connectivity index (χ1) is 12.3. The Hall–Kier alpha value is -2.56. The van der Waals surface area contributed by atoms with Gasteiger partial charge < -0.3 is 18.9 Å². The molecule has 0 saturated carbocycles. The molecule has 0 unspecified atom stereocenters. The van der Waals surface area contributed by atoms with Gasteiger partial charge in [-0.1, -0.05) is 0 Å². The van der Waals surface area contributed by atoms with Crippen LogP contribution in [0.25, 0.3) is 0 Å². The number of carbonyl (C=O) groups is 2. The zero-order chi connectivity index (χ0) is 18.9. The summed E-state index contributed by atoms with van der Waals surface area (Å²) in [6, 6.07) is 1.20. The van der Waals surface area contributed by atoms with Gasteiger partial charge in [0.2, 0.25) is 0 Å². The third kappa shape index (κ3) is 3.66. The Labute approximate surface area is 147 Å². The van der Waals surface area contributed by atoms with E-state index in [1.165, 1.54) is 22.9 Å². The van der Waals surface area contributed by atoms with Crippen LogP contribution < -0.4 is 11.2 Å². The van der Waals surface area contributed by atoms with Gasteiger partial charge in [0.05, 0.1) is 0 Å². The van der Waals surface area contributed by atoms with Gasteiger partial charge in [0.25, 0.3) is 5.56 Å². The predicted octanol–water partition coefficient (Wildman–Crippen LogP) is -0.748. The van der Waals surface area contributed by atoms with E-state index in [-0.39, 0.29) is 6.61 Å². The van der Waals surface area contributed by atoms with Gasteiger partial charge in [-0.25, -0.2) is 9.59 Å². The van der Waals surface area contributed by atoms with Crippen molar-refractivity contribution in [2.75, 3.05) is 6.61 Å². The number of aldehydes is 1. The van der Waals surface area contributed by atoms with Crippen molar-refractivity contribution in [2.24, 2.45) is 0 Å². The van der Waals surface area contributed by atoms with E-state index in [0.29, 0.717) is 6.29 Å². The second-order valence-electron chi connectivity index (χ2n) is 6.23. The lowest BCUT2D eigenvalue weighted by Crippen LogP contribution is -2.37. The van der Waals surface area contributed by atoms with Gasteiger partial charge in [-0.05, 0) is 19.9 Å². The van der Waals surface area contributed by atoms with Gasteiger partial charge in [0, 0.05) is 18.3 Å². The number of esters is 1. The fourth-order valence-corrected chi connectivity index (χ4v) is 2.95. The second kappa shape index (κ2) is 6.98. The number of hydrogen-bond donors (Lipinski definition) is 1. The van der Waals surface area contributed by atoms with Crippen LogP contribution in [0.4, 0.5) is 0 Å². The summed E-state index contributed by atoms with van der Waals surface area (Å²) in [5, 5.41) is 0. The van der Waals surface area contributed by atoms with E-state index in [2.05, 4.69) is 9.72 Å². The molecular formula is C16H18N2O8. The molecule has 4 atom stereocenters. The van der Waals surface area contributed by atoms with Gasteiger partial charge in [-0.3, -0.25) is 19.1 Å². The average molecular weight is 366 g/mol. The molecule has 26 heavy (non-hydrogen) atoms. The van der Waals surface area contributed by atoms with Crippen LogP contribution in [-0.2, 0) is 28.5 Å². The number of carbonyl (C=O) groups excluding carboxylic acids is 2. The van der Waals surface area contributed by atoms with Crippen molar-refractivity contribution in [3.8, 4) is 0 Å². The lowest BCUT2D eigenvalue weighted by Gasteiger charge is -2.24. The van der Waals surface area contributed by atoms with Gasteiger partial charge in [-0.15, -0.1) is 0 Å². The largest absolute Gasteiger partial charge is 0.455 e. The molecule has 1 aromatic rings. The number of aromatic nitrogens is 2. The predicted molar refractivity (Wildman–Crippen MR) is 85.2 cm³/mol. The van der Waals surface area contributed by atoms with Crippen LogP contribution >= 0.6 is 0 Å². The number of H-pyrrole nitrogens is 1. The lowest BCUT2D eigenvalue weighted by atomic mass is 10.1. The normalized spacial score (nSPS) is 29.6. The molecule has 0 bridgehead atoms. The Balaban J connectivity index is 1.85. The monoisotopic (exact) mass is 366 g/mol. The lowest BCUT2D eigenvalue weighted by molar-refractivity contribution is -0.192. The molecule has 0 radical (unpaired) electrons. The highest BCUT2D eigenvalue weighted by atomic mass is 16.8. The Bertz CT molecular complexity index is 839. The molecule has 0 amide bonds. The third-order valence-electron chi connectivity index (χ3n) is 3.91. The number of nitrogens with one attached hydrogen (secondary N) is 1. The molecule has 10 heteroatoms. The van der Waals surface area contributed by atoms with Crippen LogP contribution in [-0.4, -0.2) is 52.5 Å². The van der Waals surface area contributed by atoms with Crippen LogP contribution in [0.1, 0.15) is 20.1 Å². The Morgan fingerprint density at radius 3 is 2.77 bits per heavy atom. The molecule has 10 nitrogen and oxygen atoms in total. The van der Waals surface area contributed by atoms with Crippen molar-refractivity contribution in [3.63, 3.8) is 0 Å². The van der Waals surface area contributed by atoms with Gasteiger partial charge >= 0.3 is 11.7 Å². The topological polar surface area (TPSA) is 126 Å². The number of rotatable bonds is 5. The second-order valence-corrected chi connectivity index (χ2v) is 6.23. The van der Waals surface area contributed by atoms with Crippen LogP contribution in [0, 0.1) is 0 Å². The molecule has 0 spiro atoms. The minimum atomic E-state index is -0.909. The highest BCUT2D eigenvalue weighted by molar-refractivity contribution is 5.82. The molecule has 3 heterocycles. The van der Waals surface area contributed by atoms with Crippen LogP contribution in [0.5, 0.6) is 0 Å². The van der Waals surface area contributed by atoms with E-state index in [1.807, 2.05) is 0 Å². The van der Waals surface area contributed by atoms with Gasteiger partial charge in [0.1, 0.15) is 24.9 Å². The molecular weight excluding hydrogens is 348 g/mol. The summed E-state index contributed by atoms with van der Waals surface area (Å²) >= 11 is 0. The maximum atomic E-state index is 12.1. The summed E-state index contributed by atoms with van der Waals surface area (Å²) in [4.78, 5) is 47.2. The molecule has 0 aliphatic carbocycles. The molecule has 2 saturated heterocycles. The molecule has 1 N–H and O–H groups in total. The number of nitrogens with zero attached hydrogens (tertiary/aromatic N) is 1. The molecule has 1 aromatic heterocycles. The number of ether oxygens (including phenoxy) is 4. The molecule has 2 aliphatic heterocycles. The summed E-state index contributed by atoms with van der Waals surface area (Å²) in [5.74, 6) is -1.62. The minimum Gasteiger partial charge on any atom is -0.455 e. The fourth-order valence-electron chi connectivity index (χ4n) is 2.95. The van der Waals surface area contributed by atoms with Crippen LogP contribution in [0.15, 0.2) is 34.0 Å². The summed E-state index contributed by atoms with van der Waals surface area (Å²) in [5.41, 5.74) is -1.18. The summed E-state index contributed by atoms with van der Waals surface area (Å²) < 4.78 is 23.3. The van der Waals surface area contributed by atoms with Crippen LogP contribution in [0.3, 0.4) is 0 Å². The van der Waals surface area contributed by atoms with Crippen molar-refractivity contribution in [2.45, 2.75) is 44.2 Å². The first-order valence-corrected chi connectivity index (χ1v) is 7.92. The number of hydrogen-bond acceptors (Lipinski definition) is 8. The third-order valence-corrected chi connectivity index (χ3v) is 3.91. The Morgan fingerprint density at radius 1 is 1.35 bits per heavy atom. The van der Waals surface area contributed by atoms with E-state index in [1.54, 1.807) is 13.8 Å². The van der Waals surface area contributed by atoms with E-state index < -0.39 is 47.5 Å². The zero-order valence-corrected chi connectivity index (χ0v) is 14.1. The van der Waals surface area contributed by atoms with Gasteiger partial charge in [0.15, 0.2) is 18.3 Å². The molecule has 2 aliphatic rings. The standard InChI is InChI=1S/C16H18N2O8/c1-16(2)25-12-9(3-4-11(21)23-8-7-19)24-14(13(12)26-16)18-6-5-10(20)17-15(18)22/h3-7,9,12-14H,8H2,1-2H3,(H,17,20,22)/b4-3+/t9-,12-,13-,14-/m1/s1. The molecule has 140 valence electrons. The highest BCUT2D eigenvalue weighted by Crippen LogP contribution is 2.42. The van der Waals surface area contributed by atoms with Crippen molar-refractivity contribution < 1.29 is 28.5 Å². The highest BCUT2D eigenvalue weighted by Gasteiger charge is 2.55. The maximum absolute atomic E-state index is 12.1. The van der Waals surface area contributed by atoms with E-state index in [9.17, 15) is 19.2 Å². The van der Waals surface area contributed by atoms with E-state index >= 15 is 0 Å². The van der Waals surface area contributed by atoms with Crippen molar-refractivity contribution in [1.29, 1.82) is 0 Å². The minimum absolute atomic E-state index is 0.344. The Kier molecular flexibility index (Phi) is 4.90. The SMILES string of the molecule is CC1(C)O[C@@H]2[C@H](O1)[C@@H](/C=C/C(=O)OCC=O)O[C@H]2n1ccc(=O)[nH]c1=O. The Morgan fingerprint density at radius 2 is 2.08 bits per heavy atom. The summed E-state index contributed by atoms with van der Waals surface area (Å²) in [6.45, 7) is 3.09. The number of fused-ring (bicyclic) bond motifs is 1.